The van der Waals surface area contributed by atoms with Gasteiger partial charge in [0.15, 0.2) is 0 Å². The molecule has 1 N–H and O–H groups in total. The van der Waals surface area contributed by atoms with E-state index >= 15 is 0 Å². The van der Waals surface area contributed by atoms with E-state index in [0.717, 1.165) is 29.0 Å². The molecule has 0 unspecified atom stereocenters. The minimum Gasteiger partial charge on any atom is -0.495 e. The van der Waals surface area contributed by atoms with Crippen LogP contribution in [0.4, 0.5) is 5.69 Å². The van der Waals surface area contributed by atoms with Crippen molar-refractivity contribution in [2.24, 2.45) is 0 Å². The smallest absolute Gasteiger partial charge is 0.240 e. The maximum absolute atomic E-state index is 12.0. The van der Waals surface area contributed by atoms with Crippen molar-refractivity contribution < 1.29 is 17.9 Å². The van der Waals surface area contributed by atoms with Crippen LogP contribution in [0.1, 0.15) is 18.4 Å². The van der Waals surface area contributed by atoms with Crippen LogP contribution < -0.4 is 14.4 Å². The molecule has 0 heterocycles. The van der Waals surface area contributed by atoms with E-state index < -0.39 is 10.0 Å². The lowest BCUT2D eigenvalue weighted by atomic mass is 10.2. The van der Waals surface area contributed by atoms with Crippen LogP contribution in [0.25, 0.3) is 0 Å². The first-order valence-corrected chi connectivity index (χ1v) is 8.58. The number of benzene rings is 1. The lowest BCUT2D eigenvalue weighted by molar-refractivity contribution is -0.119. The summed E-state index contributed by atoms with van der Waals surface area (Å²) >= 11 is 0. The number of anilines is 1. The molecule has 1 amide bonds. The number of aryl methyl sites for hydroxylation is 1. The van der Waals surface area contributed by atoms with Crippen molar-refractivity contribution in [3.05, 3.63) is 23.8 Å². The van der Waals surface area contributed by atoms with Gasteiger partial charge in [-0.3, -0.25) is 9.10 Å². The summed E-state index contributed by atoms with van der Waals surface area (Å²) in [4.78, 5) is 12.0. The highest BCUT2D eigenvalue weighted by Gasteiger charge is 2.28. The number of amides is 1. The van der Waals surface area contributed by atoms with E-state index in [1.165, 1.54) is 7.11 Å². The second-order valence-electron chi connectivity index (χ2n) is 5.29. The van der Waals surface area contributed by atoms with Crippen LogP contribution in [0.3, 0.4) is 0 Å². The molecule has 1 aromatic rings. The van der Waals surface area contributed by atoms with Gasteiger partial charge >= 0.3 is 0 Å². The molecule has 0 radical (unpaired) electrons. The number of ether oxygens (including phenoxy) is 1. The molecule has 116 valence electrons. The molecule has 1 aromatic carbocycles. The average molecular weight is 312 g/mol. The molecule has 0 spiro atoms. The second kappa shape index (κ2) is 5.93. The number of rotatable bonds is 6. The summed E-state index contributed by atoms with van der Waals surface area (Å²) in [5.41, 5.74) is 1.27. The Kier molecular flexibility index (Phi) is 4.41. The molecule has 1 aliphatic rings. The first-order valence-electron chi connectivity index (χ1n) is 6.73. The van der Waals surface area contributed by atoms with Crippen molar-refractivity contribution in [1.29, 1.82) is 0 Å². The summed E-state index contributed by atoms with van der Waals surface area (Å²) in [6.07, 6.45) is 3.00. The van der Waals surface area contributed by atoms with Crippen molar-refractivity contribution in [1.82, 2.24) is 5.32 Å². The Balaban J connectivity index is 2.31. The number of carbonyl (C=O) groups excluding carboxylic acids is 1. The Morgan fingerprint density at radius 2 is 2.10 bits per heavy atom. The fourth-order valence-electron chi connectivity index (χ4n) is 2.01. The van der Waals surface area contributed by atoms with Gasteiger partial charge in [-0.15, -0.1) is 0 Å². The minimum absolute atomic E-state index is 0.193. The molecule has 2 rings (SSSR count). The van der Waals surface area contributed by atoms with E-state index in [4.69, 9.17) is 4.74 Å². The predicted molar refractivity (Wildman–Crippen MR) is 81.1 cm³/mol. The summed E-state index contributed by atoms with van der Waals surface area (Å²) in [7, 11) is -2.11. The van der Waals surface area contributed by atoms with Crippen molar-refractivity contribution in [3.63, 3.8) is 0 Å². The van der Waals surface area contributed by atoms with E-state index in [-0.39, 0.29) is 18.5 Å². The zero-order valence-electron chi connectivity index (χ0n) is 12.4. The topological polar surface area (TPSA) is 75.7 Å². The minimum atomic E-state index is -3.59. The molecule has 21 heavy (non-hydrogen) atoms. The maximum Gasteiger partial charge on any atom is 0.240 e. The first-order chi connectivity index (χ1) is 9.81. The summed E-state index contributed by atoms with van der Waals surface area (Å²) in [5, 5.41) is 2.79. The van der Waals surface area contributed by atoms with Crippen LogP contribution in [0, 0.1) is 6.92 Å². The average Bonchev–Trinajstić information content (AvgIpc) is 3.18. The van der Waals surface area contributed by atoms with Gasteiger partial charge in [0.2, 0.25) is 15.9 Å². The predicted octanol–water partition coefficient (Wildman–Crippen LogP) is 1.05. The van der Waals surface area contributed by atoms with Crippen LogP contribution in [-0.2, 0) is 14.8 Å². The van der Waals surface area contributed by atoms with Crippen LogP contribution in [0.2, 0.25) is 0 Å². The van der Waals surface area contributed by atoms with Gasteiger partial charge in [0.1, 0.15) is 12.3 Å². The third-order valence-corrected chi connectivity index (χ3v) is 4.36. The van der Waals surface area contributed by atoms with Gasteiger partial charge in [-0.25, -0.2) is 8.42 Å². The highest BCUT2D eigenvalue weighted by Crippen LogP contribution is 2.31. The summed E-state index contributed by atoms with van der Waals surface area (Å²) in [6.45, 7) is 1.61. The Morgan fingerprint density at radius 1 is 1.43 bits per heavy atom. The molecule has 0 bridgehead atoms. The summed E-state index contributed by atoms with van der Waals surface area (Å²) in [5.74, 6) is 0.122. The molecule has 0 atom stereocenters. The van der Waals surface area contributed by atoms with Gasteiger partial charge in [-0.2, -0.15) is 0 Å². The van der Waals surface area contributed by atoms with Crippen molar-refractivity contribution in [3.8, 4) is 5.75 Å². The molecule has 0 saturated heterocycles. The Hall–Kier alpha value is -1.76. The molecule has 6 nitrogen and oxygen atoms in total. The monoisotopic (exact) mass is 312 g/mol. The molecule has 0 aliphatic heterocycles. The van der Waals surface area contributed by atoms with Gasteiger partial charge in [-0.05, 0) is 37.5 Å². The Bertz CT molecular complexity index is 638. The molecule has 1 aliphatic carbocycles. The third-order valence-electron chi connectivity index (χ3n) is 3.23. The third kappa shape index (κ3) is 4.10. The second-order valence-corrected chi connectivity index (χ2v) is 7.19. The molecule has 7 heteroatoms. The number of nitrogens with zero attached hydrogens (tertiary/aromatic N) is 1. The normalized spacial score (nSPS) is 14.6. The van der Waals surface area contributed by atoms with E-state index in [1.54, 1.807) is 12.1 Å². The van der Waals surface area contributed by atoms with Crippen LogP contribution in [0.15, 0.2) is 18.2 Å². The standard InChI is InChI=1S/C14H20N2O4S/c1-10-4-7-13(20-2)12(8-10)16(21(3,18)19)9-14(17)15-11-5-6-11/h4,7-8,11H,5-6,9H2,1-3H3,(H,15,17). The first kappa shape index (κ1) is 15.6. The van der Waals surface area contributed by atoms with Gasteiger partial charge < -0.3 is 10.1 Å². The fourth-order valence-corrected chi connectivity index (χ4v) is 2.86. The number of methoxy groups -OCH3 is 1. The molecule has 0 aromatic heterocycles. The molecular weight excluding hydrogens is 292 g/mol. The zero-order valence-corrected chi connectivity index (χ0v) is 13.2. The number of carbonyl (C=O) groups is 1. The molecular formula is C14H20N2O4S. The quantitative estimate of drug-likeness (QED) is 0.852. The van der Waals surface area contributed by atoms with Gasteiger partial charge in [0.05, 0.1) is 19.1 Å². The number of hydrogen-bond donors (Lipinski definition) is 1. The fraction of sp³-hybridized carbons (Fsp3) is 0.500. The van der Waals surface area contributed by atoms with Crippen molar-refractivity contribution in [2.75, 3.05) is 24.2 Å². The van der Waals surface area contributed by atoms with Crippen LogP contribution >= 0.6 is 0 Å². The van der Waals surface area contributed by atoms with Crippen molar-refractivity contribution >= 4 is 21.6 Å². The lowest BCUT2D eigenvalue weighted by Gasteiger charge is -2.24. The van der Waals surface area contributed by atoms with Crippen molar-refractivity contribution in [2.45, 2.75) is 25.8 Å². The van der Waals surface area contributed by atoms with Gasteiger partial charge in [0.25, 0.3) is 0 Å². The van der Waals surface area contributed by atoms with Crippen LogP contribution in [0.5, 0.6) is 5.75 Å². The van der Waals surface area contributed by atoms with E-state index in [2.05, 4.69) is 5.32 Å². The van der Waals surface area contributed by atoms with Crippen LogP contribution in [-0.4, -0.2) is 40.3 Å². The maximum atomic E-state index is 12.0. The van der Waals surface area contributed by atoms with E-state index in [1.807, 2.05) is 13.0 Å². The molecule has 1 saturated carbocycles. The van der Waals surface area contributed by atoms with Gasteiger partial charge in [0, 0.05) is 6.04 Å². The largest absolute Gasteiger partial charge is 0.495 e. The van der Waals surface area contributed by atoms with E-state index in [9.17, 15) is 13.2 Å². The number of hydrogen-bond acceptors (Lipinski definition) is 4. The molecule has 1 fully saturated rings. The number of sulfonamides is 1. The summed E-state index contributed by atoms with van der Waals surface area (Å²) < 4.78 is 30.4. The Labute approximate surface area is 125 Å². The van der Waals surface area contributed by atoms with Gasteiger partial charge in [-0.1, -0.05) is 6.07 Å². The lowest BCUT2D eigenvalue weighted by Crippen LogP contribution is -2.41. The highest BCUT2D eigenvalue weighted by atomic mass is 32.2. The zero-order chi connectivity index (χ0) is 15.6. The SMILES string of the molecule is COc1ccc(C)cc1N(CC(=O)NC1CC1)S(C)(=O)=O. The number of nitrogens with one attached hydrogen (secondary N) is 1. The van der Waals surface area contributed by atoms with E-state index in [0.29, 0.717) is 11.4 Å². The highest BCUT2D eigenvalue weighted by molar-refractivity contribution is 7.92. The summed E-state index contributed by atoms with van der Waals surface area (Å²) in [6, 6.07) is 5.41. The Morgan fingerprint density at radius 3 is 2.62 bits per heavy atom.